The molecule has 0 bridgehead atoms. The summed E-state index contributed by atoms with van der Waals surface area (Å²) in [5, 5.41) is 0. The van der Waals surface area contributed by atoms with Crippen molar-refractivity contribution in [3.8, 4) is 5.75 Å². The molecule has 0 aliphatic carbocycles. The summed E-state index contributed by atoms with van der Waals surface area (Å²) in [6.45, 7) is 0.734. The zero-order valence-electron chi connectivity index (χ0n) is 11.3. The Labute approximate surface area is 119 Å². The van der Waals surface area contributed by atoms with Gasteiger partial charge in [0.25, 0.3) is 0 Å². The van der Waals surface area contributed by atoms with Crippen LogP contribution in [-0.2, 0) is 27.5 Å². The molecule has 2 aliphatic rings. The zero-order valence-corrected chi connectivity index (χ0v) is 12.1. The Hall–Kier alpha value is -1.36. The average Bonchev–Trinajstić information content (AvgIpc) is 3.01. The zero-order chi connectivity index (χ0) is 14.2. The summed E-state index contributed by atoms with van der Waals surface area (Å²) in [7, 11) is -2.97. The maximum atomic E-state index is 12.1. The number of fused-ring (bicyclic) bond motifs is 1. The molecule has 1 aromatic rings. The highest BCUT2D eigenvalue weighted by atomic mass is 32.2. The highest BCUT2D eigenvalue weighted by molar-refractivity contribution is 7.91. The van der Waals surface area contributed by atoms with Crippen molar-refractivity contribution in [2.45, 2.75) is 25.7 Å². The van der Waals surface area contributed by atoms with Crippen molar-refractivity contribution in [2.75, 3.05) is 18.1 Å². The number of hydrogen-bond acceptors (Lipinski definition) is 4. The van der Waals surface area contributed by atoms with E-state index in [1.807, 2.05) is 12.1 Å². The number of rotatable bonds is 4. The van der Waals surface area contributed by atoms with E-state index in [1.54, 1.807) is 0 Å². The van der Waals surface area contributed by atoms with Crippen LogP contribution < -0.4 is 4.74 Å². The van der Waals surface area contributed by atoms with Crippen LogP contribution >= 0.6 is 0 Å². The summed E-state index contributed by atoms with van der Waals surface area (Å²) in [5.41, 5.74) is 2.34. The SMILES string of the molecule is O=C(CCc1ccc2c(c1)CCO2)C1CCS(=O)(=O)C1. The van der Waals surface area contributed by atoms with E-state index >= 15 is 0 Å². The molecule has 2 heterocycles. The largest absolute Gasteiger partial charge is 0.493 e. The van der Waals surface area contributed by atoms with E-state index in [9.17, 15) is 13.2 Å². The van der Waals surface area contributed by atoms with Crippen molar-refractivity contribution in [3.05, 3.63) is 29.3 Å². The average molecular weight is 294 g/mol. The number of ketones is 1. The van der Waals surface area contributed by atoms with Gasteiger partial charge in [0.05, 0.1) is 18.1 Å². The molecule has 4 nitrogen and oxygen atoms in total. The molecule has 0 saturated carbocycles. The summed E-state index contributed by atoms with van der Waals surface area (Å²) in [5.74, 6) is 0.964. The van der Waals surface area contributed by atoms with Crippen LogP contribution in [0.15, 0.2) is 18.2 Å². The maximum absolute atomic E-state index is 12.1. The number of aryl methyl sites for hydroxylation is 1. The van der Waals surface area contributed by atoms with Crippen molar-refractivity contribution in [3.63, 3.8) is 0 Å². The van der Waals surface area contributed by atoms with Gasteiger partial charge in [-0.3, -0.25) is 4.79 Å². The van der Waals surface area contributed by atoms with Gasteiger partial charge in [-0.05, 0) is 30.0 Å². The third-order valence-corrected chi connectivity index (χ3v) is 5.87. The number of ether oxygens (including phenoxy) is 1. The first-order valence-corrected chi connectivity index (χ1v) is 8.83. The number of hydrogen-bond donors (Lipinski definition) is 0. The van der Waals surface area contributed by atoms with E-state index in [0.717, 1.165) is 24.3 Å². The van der Waals surface area contributed by atoms with Crippen LogP contribution in [0, 0.1) is 5.92 Å². The van der Waals surface area contributed by atoms with E-state index in [1.165, 1.54) is 5.56 Å². The Balaban J connectivity index is 1.58. The van der Waals surface area contributed by atoms with Crippen molar-refractivity contribution < 1.29 is 17.9 Å². The molecule has 1 aromatic carbocycles. The number of carbonyl (C=O) groups excluding carboxylic acids is 1. The molecule has 1 saturated heterocycles. The van der Waals surface area contributed by atoms with Gasteiger partial charge >= 0.3 is 0 Å². The van der Waals surface area contributed by atoms with E-state index in [2.05, 4.69) is 6.07 Å². The van der Waals surface area contributed by atoms with Crippen molar-refractivity contribution >= 4 is 15.6 Å². The molecule has 1 fully saturated rings. The first-order valence-electron chi connectivity index (χ1n) is 7.01. The minimum atomic E-state index is -2.97. The molecular weight excluding hydrogens is 276 g/mol. The summed E-state index contributed by atoms with van der Waals surface area (Å²) in [6, 6.07) is 6.05. The predicted octanol–water partition coefficient (Wildman–Crippen LogP) is 1.56. The predicted molar refractivity (Wildman–Crippen MR) is 75.7 cm³/mol. The van der Waals surface area contributed by atoms with Crippen molar-refractivity contribution in [1.29, 1.82) is 0 Å². The normalized spacial score (nSPS) is 23.3. The van der Waals surface area contributed by atoms with Crippen molar-refractivity contribution in [1.82, 2.24) is 0 Å². The first-order chi connectivity index (χ1) is 9.53. The summed E-state index contributed by atoms with van der Waals surface area (Å²) in [6.07, 6.45) is 2.54. The Morgan fingerprint density at radius 3 is 2.95 bits per heavy atom. The second kappa shape index (κ2) is 5.20. The minimum Gasteiger partial charge on any atom is -0.493 e. The fraction of sp³-hybridized carbons (Fsp3) is 0.533. The van der Waals surface area contributed by atoms with Crippen LogP contribution in [0.3, 0.4) is 0 Å². The Morgan fingerprint density at radius 1 is 1.35 bits per heavy atom. The Morgan fingerprint density at radius 2 is 2.20 bits per heavy atom. The molecule has 2 aliphatic heterocycles. The van der Waals surface area contributed by atoms with Gasteiger partial charge in [-0.1, -0.05) is 12.1 Å². The molecule has 3 rings (SSSR count). The molecule has 108 valence electrons. The molecule has 1 atom stereocenters. The van der Waals surface area contributed by atoms with Gasteiger partial charge in [0.1, 0.15) is 11.5 Å². The third-order valence-electron chi connectivity index (χ3n) is 4.10. The molecule has 5 heteroatoms. The first kappa shape index (κ1) is 13.6. The summed E-state index contributed by atoms with van der Waals surface area (Å²) in [4.78, 5) is 12.1. The van der Waals surface area contributed by atoms with Gasteiger partial charge in [0, 0.05) is 18.8 Å². The third kappa shape index (κ3) is 2.87. The lowest BCUT2D eigenvalue weighted by atomic mass is 9.97. The van der Waals surface area contributed by atoms with Gasteiger partial charge in [0.15, 0.2) is 9.84 Å². The molecule has 1 unspecified atom stereocenters. The quantitative estimate of drug-likeness (QED) is 0.845. The van der Waals surface area contributed by atoms with E-state index in [4.69, 9.17) is 4.74 Å². The smallest absolute Gasteiger partial charge is 0.151 e. The summed E-state index contributed by atoms with van der Waals surface area (Å²) < 4.78 is 28.2. The minimum absolute atomic E-state index is 0.0455. The van der Waals surface area contributed by atoms with Gasteiger partial charge in [-0.2, -0.15) is 0 Å². The molecule has 0 aromatic heterocycles. The fourth-order valence-electron chi connectivity index (χ4n) is 2.92. The number of benzene rings is 1. The maximum Gasteiger partial charge on any atom is 0.151 e. The fourth-order valence-corrected chi connectivity index (χ4v) is 4.69. The molecule has 0 N–H and O–H groups in total. The number of sulfone groups is 1. The Bertz CT molecular complexity index is 633. The number of Topliss-reactive ketones (excluding diaryl/α,β-unsaturated/α-hetero) is 1. The van der Waals surface area contributed by atoms with Crippen LogP contribution in [0.1, 0.15) is 24.0 Å². The van der Waals surface area contributed by atoms with Crippen LogP contribution in [0.2, 0.25) is 0 Å². The summed E-state index contributed by atoms with van der Waals surface area (Å²) >= 11 is 0. The second-order valence-corrected chi connectivity index (χ2v) is 7.84. The lowest BCUT2D eigenvalue weighted by Gasteiger charge is -2.07. The van der Waals surface area contributed by atoms with Crippen LogP contribution in [0.25, 0.3) is 0 Å². The van der Waals surface area contributed by atoms with E-state index in [0.29, 0.717) is 19.3 Å². The molecule has 20 heavy (non-hydrogen) atoms. The lowest BCUT2D eigenvalue weighted by molar-refractivity contribution is -0.122. The molecular formula is C15H18O4S. The lowest BCUT2D eigenvalue weighted by Crippen LogP contribution is -2.16. The molecule has 0 amide bonds. The standard InChI is InChI=1S/C15H18O4S/c16-14(13-6-8-20(17,18)10-13)3-1-11-2-4-15-12(9-11)5-7-19-15/h2,4,9,13H,1,3,5-8,10H2. The van der Waals surface area contributed by atoms with E-state index in [-0.39, 0.29) is 23.2 Å². The van der Waals surface area contributed by atoms with Crippen molar-refractivity contribution in [2.24, 2.45) is 5.92 Å². The second-order valence-electron chi connectivity index (χ2n) is 5.61. The van der Waals surface area contributed by atoms with Gasteiger partial charge < -0.3 is 4.74 Å². The van der Waals surface area contributed by atoms with E-state index < -0.39 is 9.84 Å². The monoisotopic (exact) mass is 294 g/mol. The highest BCUT2D eigenvalue weighted by Crippen LogP contribution is 2.27. The molecule has 0 radical (unpaired) electrons. The van der Waals surface area contributed by atoms with Gasteiger partial charge in [0.2, 0.25) is 0 Å². The molecule has 0 spiro atoms. The van der Waals surface area contributed by atoms with Crippen LogP contribution in [-0.4, -0.2) is 32.3 Å². The van der Waals surface area contributed by atoms with Crippen LogP contribution in [0.4, 0.5) is 0 Å². The number of carbonyl (C=O) groups is 1. The van der Waals surface area contributed by atoms with Gasteiger partial charge in [-0.15, -0.1) is 0 Å². The Kier molecular flexibility index (Phi) is 3.54. The van der Waals surface area contributed by atoms with Gasteiger partial charge in [-0.25, -0.2) is 8.42 Å². The topological polar surface area (TPSA) is 60.4 Å². The van der Waals surface area contributed by atoms with Crippen LogP contribution in [0.5, 0.6) is 5.75 Å². The highest BCUT2D eigenvalue weighted by Gasteiger charge is 2.32.